The van der Waals surface area contributed by atoms with Crippen LogP contribution in [0.15, 0.2) is 53.3 Å². The minimum absolute atomic E-state index is 0.0662. The molecule has 3 aromatic rings. The van der Waals surface area contributed by atoms with Crippen LogP contribution >= 0.6 is 0 Å². The van der Waals surface area contributed by atoms with Gasteiger partial charge in [0.05, 0.1) is 17.5 Å². The van der Waals surface area contributed by atoms with E-state index in [1.807, 2.05) is 23.1 Å². The van der Waals surface area contributed by atoms with E-state index in [1.165, 1.54) is 15.8 Å². The Balaban J connectivity index is 1.41. The van der Waals surface area contributed by atoms with Crippen LogP contribution in [-0.4, -0.2) is 51.7 Å². The minimum atomic E-state index is -0.137. The van der Waals surface area contributed by atoms with Crippen molar-refractivity contribution >= 4 is 16.7 Å². The van der Waals surface area contributed by atoms with Gasteiger partial charge in [0.2, 0.25) is 5.91 Å². The summed E-state index contributed by atoms with van der Waals surface area (Å²) in [4.78, 5) is 29.5. The monoisotopic (exact) mass is 390 g/mol. The molecule has 4 rings (SSSR count). The molecule has 29 heavy (non-hydrogen) atoms. The average Bonchev–Trinajstić information content (AvgIpc) is 2.72. The molecule has 0 radical (unpaired) electrons. The van der Waals surface area contributed by atoms with Crippen molar-refractivity contribution in [2.75, 3.05) is 26.2 Å². The van der Waals surface area contributed by atoms with Gasteiger partial charge in [-0.05, 0) is 18.6 Å². The van der Waals surface area contributed by atoms with Crippen molar-refractivity contribution in [2.24, 2.45) is 7.05 Å². The van der Waals surface area contributed by atoms with Crippen molar-refractivity contribution < 1.29 is 4.79 Å². The third-order valence-electron chi connectivity index (χ3n) is 5.57. The maximum atomic E-state index is 12.9. The highest BCUT2D eigenvalue weighted by Crippen LogP contribution is 2.16. The van der Waals surface area contributed by atoms with Gasteiger partial charge < -0.3 is 4.90 Å². The zero-order valence-electron chi connectivity index (χ0n) is 17.0. The number of benzene rings is 2. The minimum Gasteiger partial charge on any atom is -0.340 e. The van der Waals surface area contributed by atoms with Crippen molar-refractivity contribution in [1.82, 2.24) is 19.6 Å². The van der Waals surface area contributed by atoms with Gasteiger partial charge >= 0.3 is 0 Å². The van der Waals surface area contributed by atoms with Crippen molar-refractivity contribution in [3.05, 3.63) is 75.7 Å². The Kier molecular flexibility index (Phi) is 5.45. The molecular weight excluding hydrogens is 364 g/mol. The topological polar surface area (TPSA) is 58.4 Å². The van der Waals surface area contributed by atoms with Crippen LogP contribution in [0.1, 0.15) is 16.8 Å². The SMILES string of the molecule is Cc1cccc(CN2CCN(C(=O)Cc3nn(C)c(=O)c4ccccc34)CC2)c1. The maximum absolute atomic E-state index is 12.9. The Hall–Kier alpha value is -2.99. The molecule has 0 atom stereocenters. The number of carbonyl (C=O) groups excluding carboxylic acids is 1. The second-order valence-electron chi connectivity index (χ2n) is 7.74. The van der Waals surface area contributed by atoms with E-state index in [2.05, 4.69) is 41.2 Å². The van der Waals surface area contributed by atoms with Crippen LogP contribution in [0.25, 0.3) is 10.8 Å². The lowest BCUT2D eigenvalue weighted by Gasteiger charge is -2.34. The average molecular weight is 390 g/mol. The molecule has 6 nitrogen and oxygen atoms in total. The third-order valence-corrected chi connectivity index (χ3v) is 5.57. The number of hydrogen-bond acceptors (Lipinski definition) is 4. The predicted molar refractivity (Wildman–Crippen MR) is 114 cm³/mol. The zero-order valence-corrected chi connectivity index (χ0v) is 17.0. The maximum Gasteiger partial charge on any atom is 0.274 e. The first kappa shape index (κ1) is 19.3. The standard InChI is InChI=1S/C23H26N4O2/c1-17-6-5-7-18(14-17)16-26-10-12-27(13-11-26)22(28)15-21-19-8-3-4-9-20(19)23(29)25(2)24-21/h3-9,14H,10-13,15-16H2,1-2H3. The number of piperazine rings is 1. The summed E-state index contributed by atoms with van der Waals surface area (Å²) in [6, 6.07) is 15.9. The molecular formula is C23H26N4O2. The van der Waals surface area contributed by atoms with Gasteiger partial charge in [0.25, 0.3) is 5.56 Å². The van der Waals surface area contributed by atoms with Crippen LogP contribution < -0.4 is 5.56 Å². The van der Waals surface area contributed by atoms with Crippen LogP contribution in [0.5, 0.6) is 0 Å². The van der Waals surface area contributed by atoms with Gasteiger partial charge in [0.1, 0.15) is 0 Å². The molecule has 0 aliphatic carbocycles. The van der Waals surface area contributed by atoms with E-state index in [0.717, 1.165) is 25.0 Å². The second kappa shape index (κ2) is 8.17. The smallest absolute Gasteiger partial charge is 0.274 e. The number of rotatable bonds is 4. The van der Waals surface area contributed by atoms with Gasteiger partial charge in [-0.2, -0.15) is 5.10 Å². The molecule has 1 fully saturated rings. The molecule has 1 aliphatic rings. The lowest BCUT2D eigenvalue weighted by atomic mass is 10.1. The van der Waals surface area contributed by atoms with Crippen LogP contribution in [0.3, 0.4) is 0 Å². The lowest BCUT2D eigenvalue weighted by Crippen LogP contribution is -2.48. The predicted octanol–water partition coefficient (Wildman–Crippen LogP) is 2.13. The van der Waals surface area contributed by atoms with E-state index in [0.29, 0.717) is 24.2 Å². The van der Waals surface area contributed by atoms with Crippen LogP contribution in [0.4, 0.5) is 0 Å². The van der Waals surface area contributed by atoms with E-state index in [1.54, 1.807) is 13.1 Å². The summed E-state index contributed by atoms with van der Waals surface area (Å²) in [5.74, 6) is 0.0662. The van der Waals surface area contributed by atoms with Gasteiger partial charge in [-0.1, -0.05) is 48.0 Å². The number of fused-ring (bicyclic) bond motifs is 1. The van der Waals surface area contributed by atoms with Crippen LogP contribution in [0.2, 0.25) is 0 Å². The van der Waals surface area contributed by atoms with Crippen molar-refractivity contribution in [1.29, 1.82) is 0 Å². The van der Waals surface area contributed by atoms with Crippen LogP contribution in [0, 0.1) is 6.92 Å². The van der Waals surface area contributed by atoms with Gasteiger partial charge in [-0.25, -0.2) is 4.68 Å². The van der Waals surface area contributed by atoms with E-state index < -0.39 is 0 Å². The number of nitrogens with zero attached hydrogens (tertiary/aromatic N) is 4. The zero-order chi connectivity index (χ0) is 20.4. The summed E-state index contributed by atoms with van der Waals surface area (Å²) in [5, 5.41) is 5.73. The van der Waals surface area contributed by atoms with Crippen molar-refractivity contribution in [3.63, 3.8) is 0 Å². The van der Waals surface area contributed by atoms with Crippen LogP contribution in [-0.2, 0) is 24.8 Å². The molecule has 1 aromatic heterocycles. The number of hydrogen-bond donors (Lipinski definition) is 0. The molecule has 2 aromatic carbocycles. The molecule has 0 spiro atoms. The number of amides is 1. The summed E-state index contributed by atoms with van der Waals surface area (Å²) < 4.78 is 1.32. The van der Waals surface area contributed by atoms with Gasteiger partial charge in [0.15, 0.2) is 0 Å². The van der Waals surface area contributed by atoms with E-state index >= 15 is 0 Å². The first-order valence-electron chi connectivity index (χ1n) is 10.0. The van der Waals surface area contributed by atoms with Crippen molar-refractivity contribution in [3.8, 4) is 0 Å². The molecule has 1 saturated heterocycles. The first-order chi connectivity index (χ1) is 14.0. The number of aromatic nitrogens is 2. The fourth-order valence-corrected chi connectivity index (χ4v) is 3.99. The Bertz CT molecular complexity index is 1100. The Morgan fingerprint density at radius 3 is 2.45 bits per heavy atom. The van der Waals surface area contributed by atoms with E-state index in [9.17, 15) is 9.59 Å². The van der Waals surface area contributed by atoms with Crippen molar-refractivity contribution in [2.45, 2.75) is 19.9 Å². The molecule has 0 bridgehead atoms. The first-order valence-corrected chi connectivity index (χ1v) is 10.0. The Morgan fingerprint density at radius 2 is 1.72 bits per heavy atom. The fourth-order valence-electron chi connectivity index (χ4n) is 3.99. The largest absolute Gasteiger partial charge is 0.340 e. The van der Waals surface area contributed by atoms with E-state index in [4.69, 9.17) is 0 Å². The summed E-state index contributed by atoms with van der Waals surface area (Å²) >= 11 is 0. The molecule has 6 heteroatoms. The van der Waals surface area contributed by atoms with Gasteiger partial charge in [-0.15, -0.1) is 0 Å². The van der Waals surface area contributed by atoms with E-state index in [-0.39, 0.29) is 17.9 Å². The summed E-state index contributed by atoms with van der Waals surface area (Å²) in [6.45, 7) is 6.18. The molecule has 0 unspecified atom stereocenters. The third kappa shape index (κ3) is 4.22. The lowest BCUT2D eigenvalue weighted by molar-refractivity contribution is -0.132. The van der Waals surface area contributed by atoms with Gasteiger partial charge in [-0.3, -0.25) is 14.5 Å². The molecule has 150 valence electrons. The molecule has 2 heterocycles. The number of aryl methyl sites for hydroxylation is 2. The Morgan fingerprint density at radius 1 is 1.00 bits per heavy atom. The molecule has 0 N–H and O–H groups in total. The highest BCUT2D eigenvalue weighted by atomic mass is 16.2. The Labute approximate surface area is 170 Å². The second-order valence-corrected chi connectivity index (χ2v) is 7.74. The molecule has 1 amide bonds. The fraction of sp³-hybridized carbons (Fsp3) is 0.348. The highest BCUT2D eigenvalue weighted by molar-refractivity contribution is 5.88. The molecule has 0 saturated carbocycles. The summed E-state index contributed by atoms with van der Waals surface area (Å²) in [7, 11) is 1.63. The van der Waals surface area contributed by atoms with Gasteiger partial charge in [0, 0.05) is 45.2 Å². The molecule has 1 aliphatic heterocycles. The summed E-state index contributed by atoms with van der Waals surface area (Å²) in [6.07, 6.45) is 0.215. The number of carbonyl (C=O) groups is 1. The normalized spacial score (nSPS) is 15.0. The summed E-state index contributed by atoms with van der Waals surface area (Å²) in [5.41, 5.74) is 3.11. The quantitative estimate of drug-likeness (QED) is 0.685. The highest BCUT2D eigenvalue weighted by Gasteiger charge is 2.22.